The van der Waals surface area contributed by atoms with Crippen molar-refractivity contribution in [2.45, 2.75) is 24.5 Å². The van der Waals surface area contributed by atoms with Gasteiger partial charge < -0.3 is 25.8 Å². The summed E-state index contributed by atoms with van der Waals surface area (Å²) in [6.07, 6.45) is -0.296. The Morgan fingerprint density at radius 1 is 1.52 bits per heavy atom. The van der Waals surface area contributed by atoms with Crippen molar-refractivity contribution in [3.05, 3.63) is 36.2 Å². The number of hydrogen-bond donors (Lipinski definition) is 4. The van der Waals surface area contributed by atoms with Crippen LogP contribution in [0.5, 0.6) is 0 Å². The van der Waals surface area contributed by atoms with Gasteiger partial charge >= 0.3 is 0 Å². The van der Waals surface area contributed by atoms with Crippen molar-refractivity contribution in [2.24, 2.45) is 0 Å². The van der Waals surface area contributed by atoms with Gasteiger partial charge in [0.15, 0.2) is 17.7 Å². The molecule has 0 bridgehead atoms. The number of aliphatic hydroxyl groups is 3. The summed E-state index contributed by atoms with van der Waals surface area (Å²) in [4.78, 5) is 3.78. The summed E-state index contributed by atoms with van der Waals surface area (Å²) in [5.74, 6) is -2.90. The molecule has 1 aliphatic heterocycles. The van der Waals surface area contributed by atoms with Crippen LogP contribution in [0.2, 0.25) is 0 Å². The molecule has 3 atom stereocenters. The normalized spacial score (nSPS) is 34.5. The van der Waals surface area contributed by atoms with Gasteiger partial charge in [0, 0.05) is 0 Å². The number of halogens is 1. The number of aliphatic hydroxyl groups excluding tert-OH is 2. The van der Waals surface area contributed by atoms with E-state index in [-0.39, 0.29) is 11.5 Å². The molecule has 2 aromatic rings. The van der Waals surface area contributed by atoms with E-state index in [0.717, 1.165) is 17.8 Å². The number of alkyl halides is 1. The van der Waals surface area contributed by atoms with Crippen LogP contribution < -0.4 is 5.73 Å². The lowest BCUT2D eigenvalue weighted by molar-refractivity contribution is -0.236. The number of nitrogens with two attached hydrogens (primary N) is 1. The molecule has 8 nitrogen and oxygen atoms in total. The lowest BCUT2D eigenvalue weighted by atomic mass is 9.91. The number of aromatic nitrogens is 3. The molecule has 0 amide bonds. The van der Waals surface area contributed by atoms with Gasteiger partial charge in [-0.1, -0.05) is 0 Å². The molecule has 0 aliphatic carbocycles. The van der Waals surface area contributed by atoms with E-state index in [2.05, 4.69) is 10.1 Å². The molecule has 21 heavy (non-hydrogen) atoms. The van der Waals surface area contributed by atoms with Crippen LogP contribution in [0.3, 0.4) is 0 Å². The molecule has 1 fully saturated rings. The summed E-state index contributed by atoms with van der Waals surface area (Å²) in [6.45, 7) is 0.956. The van der Waals surface area contributed by atoms with E-state index in [4.69, 9.17) is 15.6 Å². The first-order chi connectivity index (χ1) is 9.83. The van der Waals surface area contributed by atoms with E-state index < -0.39 is 23.3 Å². The fourth-order valence-electron chi connectivity index (χ4n) is 2.39. The predicted octanol–water partition coefficient (Wildman–Crippen LogP) is -0.0247. The zero-order valence-corrected chi connectivity index (χ0v) is 10.9. The van der Waals surface area contributed by atoms with Gasteiger partial charge in [-0.2, -0.15) is 5.10 Å². The van der Waals surface area contributed by atoms with Gasteiger partial charge in [-0.25, -0.2) is 13.9 Å². The second kappa shape index (κ2) is 4.06. The number of rotatable bonds is 1. The highest BCUT2D eigenvalue weighted by Gasteiger charge is 2.65. The summed E-state index contributed by atoms with van der Waals surface area (Å²) >= 11 is 0. The van der Waals surface area contributed by atoms with Crippen LogP contribution in [0.25, 0.3) is 5.52 Å². The van der Waals surface area contributed by atoms with Crippen LogP contribution in [-0.4, -0.2) is 41.7 Å². The minimum absolute atomic E-state index is 0.0903. The van der Waals surface area contributed by atoms with E-state index in [1.54, 1.807) is 0 Å². The van der Waals surface area contributed by atoms with E-state index in [9.17, 15) is 14.6 Å². The molecule has 3 rings (SSSR count). The van der Waals surface area contributed by atoms with Crippen molar-refractivity contribution in [1.29, 1.82) is 0 Å². The second-order valence-electron chi connectivity index (χ2n) is 4.92. The van der Waals surface area contributed by atoms with Crippen LogP contribution in [0, 0.1) is 0 Å². The predicted molar refractivity (Wildman–Crippen MR) is 68.6 cm³/mol. The Morgan fingerprint density at radius 3 is 2.86 bits per heavy atom. The highest BCUT2D eigenvalue weighted by atomic mass is 19.1. The van der Waals surface area contributed by atoms with Gasteiger partial charge in [-0.05, 0) is 19.1 Å². The molecule has 1 unspecified atom stereocenters. The van der Waals surface area contributed by atoms with Crippen LogP contribution in [0.15, 0.2) is 30.5 Å². The molecule has 5 N–H and O–H groups in total. The number of nitrogen functional groups attached to an aromatic ring is 1. The summed E-state index contributed by atoms with van der Waals surface area (Å²) < 4.78 is 21.0. The first kappa shape index (κ1) is 13.6. The maximum Gasteiger partial charge on any atom is 0.289 e. The maximum atomic E-state index is 14.8. The summed E-state index contributed by atoms with van der Waals surface area (Å²) in [5, 5.41) is 33.3. The molecular formula is C12H13FN4O4. The third-order valence-electron chi connectivity index (χ3n) is 3.67. The van der Waals surface area contributed by atoms with E-state index >= 15 is 0 Å². The zero-order chi connectivity index (χ0) is 15.4. The highest BCUT2D eigenvalue weighted by Crippen LogP contribution is 2.49. The van der Waals surface area contributed by atoms with Gasteiger partial charge in [-0.15, -0.1) is 0 Å². The summed E-state index contributed by atoms with van der Waals surface area (Å²) in [6, 6.07) is 2.83. The third-order valence-corrected chi connectivity index (χ3v) is 3.67. The van der Waals surface area contributed by atoms with Crippen molar-refractivity contribution in [3.8, 4) is 0 Å². The number of anilines is 1. The smallest absolute Gasteiger partial charge is 0.289 e. The minimum Gasteiger partial charge on any atom is -0.512 e. The van der Waals surface area contributed by atoms with Crippen LogP contribution in [-0.2, 0) is 10.5 Å². The minimum atomic E-state index is -2.62. The van der Waals surface area contributed by atoms with Crippen molar-refractivity contribution in [2.75, 3.05) is 5.73 Å². The van der Waals surface area contributed by atoms with E-state index in [1.807, 2.05) is 0 Å². The molecular weight excluding hydrogens is 283 g/mol. The van der Waals surface area contributed by atoms with Gasteiger partial charge in [0.05, 0.1) is 0 Å². The summed E-state index contributed by atoms with van der Waals surface area (Å²) in [7, 11) is 0. The standard InChI is InChI=1S/C12H13FN4O4/c1-11(13)9(19)7(4-18)21-12(11,20)8-3-2-6-10(14)15-5-16-17(6)8/h2-5,9,18-20H,1H3,(H2,14,15,16)/b7-4+/t9-,11-,12?/m1/s1. The Hall–Kier alpha value is -2.39. The van der Waals surface area contributed by atoms with Gasteiger partial charge in [0.1, 0.15) is 23.8 Å². The van der Waals surface area contributed by atoms with E-state index in [0.29, 0.717) is 11.8 Å². The van der Waals surface area contributed by atoms with Gasteiger partial charge in [-0.3, -0.25) is 0 Å². The van der Waals surface area contributed by atoms with Crippen molar-refractivity contribution < 1.29 is 24.4 Å². The quantitative estimate of drug-likeness (QED) is 0.544. The van der Waals surface area contributed by atoms with E-state index in [1.165, 1.54) is 12.1 Å². The first-order valence-electron chi connectivity index (χ1n) is 6.04. The molecule has 1 saturated heterocycles. The molecule has 0 radical (unpaired) electrons. The zero-order valence-electron chi connectivity index (χ0n) is 10.9. The molecule has 1 aliphatic rings. The maximum absolute atomic E-state index is 14.8. The van der Waals surface area contributed by atoms with Crippen LogP contribution >= 0.6 is 0 Å². The molecule has 112 valence electrons. The molecule has 0 aromatic carbocycles. The number of hydrogen-bond acceptors (Lipinski definition) is 7. The Labute approximate surface area is 117 Å². The molecule has 9 heteroatoms. The van der Waals surface area contributed by atoms with Crippen LogP contribution in [0.4, 0.5) is 10.2 Å². The second-order valence-corrected chi connectivity index (χ2v) is 4.92. The molecule has 3 heterocycles. The summed E-state index contributed by atoms with van der Waals surface area (Å²) in [5.41, 5.74) is 3.31. The molecule has 2 aromatic heterocycles. The largest absolute Gasteiger partial charge is 0.512 e. The van der Waals surface area contributed by atoms with Gasteiger partial charge in [0.2, 0.25) is 5.67 Å². The Kier molecular flexibility index (Phi) is 2.62. The lowest BCUT2D eigenvalue weighted by Gasteiger charge is -2.30. The average Bonchev–Trinajstić information content (AvgIpc) is 2.95. The Bertz CT molecular complexity index is 744. The monoisotopic (exact) mass is 296 g/mol. The highest BCUT2D eigenvalue weighted by molar-refractivity contribution is 5.65. The Morgan fingerprint density at radius 2 is 2.24 bits per heavy atom. The molecule has 0 saturated carbocycles. The Balaban J connectivity index is 2.24. The fourth-order valence-corrected chi connectivity index (χ4v) is 2.39. The molecule has 0 spiro atoms. The van der Waals surface area contributed by atoms with Gasteiger partial charge in [0.25, 0.3) is 5.79 Å². The average molecular weight is 296 g/mol. The van der Waals surface area contributed by atoms with Crippen molar-refractivity contribution in [1.82, 2.24) is 14.6 Å². The van der Waals surface area contributed by atoms with Crippen molar-refractivity contribution in [3.63, 3.8) is 0 Å². The SMILES string of the molecule is C[C@@]1(F)[C@H](O)/C(=C\O)OC1(O)c1ccc2c(N)ncnn12. The van der Waals surface area contributed by atoms with Crippen molar-refractivity contribution >= 4 is 11.3 Å². The fraction of sp³-hybridized carbons (Fsp3) is 0.333. The third kappa shape index (κ3) is 1.55. The number of ether oxygens (including phenoxy) is 1. The number of nitrogens with zero attached hydrogens (tertiary/aromatic N) is 3. The lowest BCUT2D eigenvalue weighted by Crippen LogP contribution is -2.49. The number of fused-ring (bicyclic) bond motifs is 1. The first-order valence-corrected chi connectivity index (χ1v) is 6.04. The topological polar surface area (TPSA) is 126 Å². The van der Waals surface area contributed by atoms with Crippen LogP contribution in [0.1, 0.15) is 12.6 Å².